The molecule has 0 bridgehead atoms. The summed E-state index contributed by atoms with van der Waals surface area (Å²) in [6.07, 6.45) is 9.29. The van der Waals surface area contributed by atoms with E-state index in [4.69, 9.17) is 4.74 Å². The summed E-state index contributed by atoms with van der Waals surface area (Å²) in [5, 5.41) is 12.8. The third-order valence-electron chi connectivity index (χ3n) is 4.02. The topological polar surface area (TPSA) is 45.0 Å². The Labute approximate surface area is 104 Å². The molecule has 0 aromatic rings. The first-order valence-corrected chi connectivity index (χ1v) is 6.62. The molecular formula is C14H22N2O. The lowest BCUT2D eigenvalue weighted by molar-refractivity contribution is -0.0610. The highest BCUT2D eigenvalue weighted by molar-refractivity contribution is 5.20. The summed E-state index contributed by atoms with van der Waals surface area (Å²) < 4.78 is 5.95. The van der Waals surface area contributed by atoms with E-state index in [0.717, 1.165) is 25.9 Å². The van der Waals surface area contributed by atoms with Gasteiger partial charge in [-0.2, -0.15) is 5.26 Å². The number of nitrogens with one attached hydrogen (secondary N) is 1. The lowest BCUT2D eigenvalue weighted by Gasteiger charge is -2.41. The summed E-state index contributed by atoms with van der Waals surface area (Å²) in [5.74, 6) is 0.579. The molecular weight excluding hydrogens is 212 g/mol. The fourth-order valence-corrected chi connectivity index (χ4v) is 2.81. The van der Waals surface area contributed by atoms with E-state index in [1.165, 1.54) is 12.8 Å². The smallest absolute Gasteiger partial charge is 0.139 e. The zero-order chi connectivity index (χ0) is 12.4. The first-order valence-electron chi connectivity index (χ1n) is 6.62. The van der Waals surface area contributed by atoms with Gasteiger partial charge >= 0.3 is 0 Å². The minimum Gasteiger partial charge on any atom is -0.357 e. The molecule has 0 aromatic heterocycles. The van der Waals surface area contributed by atoms with Gasteiger partial charge in [0.2, 0.25) is 0 Å². The van der Waals surface area contributed by atoms with E-state index in [9.17, 15) is 5.26 Å². The van der Waals surface area contributed by atoms with Crippen LogP contribution < -0.4 is 5.32 Å². The third-order valence-corrected chi connectivity index (χ3v) is 4.02. The molecule has 1 N–H and O–H groups in total. The van der Waals surface area contributed by atoms with Gasteiger partial charge in [0.25, 0.3) is 0 Å². The highest BCUT2D eigenvalue weighted by atomic mass is 16.5. The summed E-state index contributed by atoms with van der Waals surface area (Å²) in [5.41, 5.74) is -0.627. The molecule has 2 unspecified atom stereocenters. The van der Waals surface area contributed by atoms with Gasteiger partial charge in [-0.1, -0.05) is 13.0 Å². The lowest BCUT2D eigenvalue weighted by atomic mass is 9.71. The van der Waals surface area contributed by atoms with Gasteiger partial charge in [0, 0.05) is 13.0 Å². The largest absolute Gasteiger partial charge is 0.357 e. The second-order valence-electron chi connectivity index (χ2n) is 5.31. The molecule has 0 radical (unpaired) electrons. The Morgan fingerprint density at radius 3 is 2.82 bits per heavy atom. The molecule has 1 fully saturated rings. The van der Waals surface area contributed by atoms with Crippen molar-refractivity contribution in [3.05, 3.63) is 12.2 Å². The van der Waals surface area contributed by atoms with Crippen LogP contribution >= 0.6 is 0 Å². The normalized spacial score (nSPS) is 36.8. The Balaban J connectivity index is 2.16. The molecule has 1 saturated carbocycles. The quantitative estimate of drug-likeness (QED) is 0.587. The highest BCUT2D eigenvalue weighted by Gasteiger charge is 2.51. The van der Waals surface area contributed by atoms with Gasteiger partial charge in [0.1, 0.15) is 5.72 Å². The molecule has 2 atom stereocenters. The van der Waals surface area contributed by atoms with Crippen LogP contribution in [0.5, 0.6) is 0 Å². The van der Waals surface area contributed by atoms with Crippen molar-refractivity contribution in [2.45, 2.75) is 44.8 Å². The van der Waals surface area contributed by atoms with Crippen molar-refractivity contribution >= 4 is 0 Å². The maximum absolute atomic E-state index is 9.54. The van der Waals surface area contributed by atoms with Crippen LogP contribution in [0.25, 0.3) is 0 Å². The molecule has 0 aromatic carbocycles. The number of hydrogen-bond acceptors (Lipinski definition) is 3. The third kappa shape index (κ3) is 2.38. The Bertz CT molecular complexity index is 343. The number of nitrogens with zero attached hydrogens (tertiary/aromatic N) is 1. The first-order chi connectivity index (χ1) is 8.20. The Morgan fingerprint density at radius 2 is 2.29 bits per heavy atom. The Hall–Kier alpha value is -0.850. The molecule has 17 heavy (non-hydrogen) atoms. The summed E-state index contributed by atoms with van der Waals surface area (Å²) in [4.78, 5) is 0. The zero-order valence-electron chi connectivity index (χ0n) is 10.8. The monoisotopic (exact) mass is 234 g/mol. The number of likely N-dealkylation sites (N-methyl/N-ethyl adjacent to an activating group) is 1. The van der Waals surface area contributed by atoms with Crippen molar-refractivity contribution in [3.63, 3.8) is 0 Å². The van der Waals surface area contributed by atoms with Crippen LogP contribution in [0.3, 0.4) is 0 Å². The second-order valence-corrected chi connectivity index (χ2v) is 5.31. The minimum atomic E-state index is -0.424. The van der Waals surface area contributed by atoms with E-state index in [2.05, 4.69) is 30.5 Å². The predicted molar refractivity (Wildman–Crippen MR) is 67.2 cm³/mol. The van der Waals surface area contributed by atoms with Crippen molar-refractivity contribution in [3.8, 4) is 6.07 Å². The molecule has 0 heterocycles. The zero-order valence-corrected chi connectivity index (χ0v) is 10.8. The van der Waals surface area contributed by atoms with Gasteiger partial charge in [-0.05, 0) is 44.7 Å². The number of rotatable bonds is 5. The molecule has 0 amide bonds. The molecule has 2 aliphatic rings. The van der Waals surface area contributed by atoms with Gasteiger partial charge < -0.3 is 4.74 Å². The molecule has 3 heteroatoms. The van der Waals surface area contributed by atoms with E-state index < -0.39 is 5.72 Å². The Kier molecular flexibility index (Phi) is 3.56. The van der Waals surface area contributed by atoms with Crippen molar-refractivity contribution in [2.24, 2.45) is 11.3 Å². The van der Waals surface area contributed by atoms with Gasteiger partial charge in [-0.15, -0.1) is 0 Å². The van der Waals surface area contributed by atoms with E-state index in [1.54, 1.807) is 0 Å². The average molecular weight is 234 g/mol. The maximum Gasteiger partial charge on any atom is 0.139 e. The SMILES string of the molecule is CCCOC1(NC)C=CCC(C#N)(C2CC2)C1. The van der Waals surface area contributed by atoms with Crippen molar-refractivity contribution in [1.29, 1.82) is 5.26 Å². The van der Waals surface area contributed by atoms with Crippen LogP contribution in [0, 0.1) is 22.7 Å². The molecule has 0 aliphatic heterocycles. The van der Waals surface area contributed by atoms with Gasteiger partial charge in [-0.3, -0.25) is 5.32 Å². The summed E-state index contributed by atoms with van der Waals surface area (Å²) >= 11 is 0. The predicted octanol–water partition coefficient (Wildman–Crippen LogP) is 2.60. The summed E-state index contributed by atoms with van der Waals surface area (Å²) in [7, 11) is 1.92. The standard InChI is InChI=1S/C14H22N2O/c1-3-9-17-14(16-2)8-4-7-13(10-14,11-15)12-5-6-12/h4,8,12,16H,3,5-7,9-10H2,1-2H3. The van der Waals surface area contributed by atoms with Crippen LogP contribution in [0.1, 0.15) is 39.0 Å². The van der Waals surface area contributed by atoms with Gasteiger partial charge in [0.05, 0.1) is 11.5 Å². The minimum absolute atomic E-state index is 0.203. The van der Waals surface area contributed by atoms with Gasteiger partial charge in [-0.25, -0.2) is 0 Å². The number of nitriles is 1. The van der Waals surface area contributed by atoms with Crippen LogP contribution in [0.2, 0.25) is 0 Å². The molecule has 2 aliphatic carbocycles. The number of hydrogen-bond donors (Lipinski definition) is 1. The van der Waals surface area contributed by atoms with E-state index in [1.807, 2.05) is 7.05 Å². The second kappa shape index (κ2) is 4.80. The molecule has 0 saturated heterocycles. The van der Waals surface area contributed by atoms with Crippen LogP contribution in [-0.2, 0) is 4.74 Å². The molecule has 2 rings (SSSR count). The summed E-state index contributed by atoms with van der Waals surface area (Å²) in [6.45, 7) is 2.84. The fourth-order valence-electron chi connectivity index (χ4n) is 2.81. The van der Waals surface area contributed by atoms with Crippen molar-refractivity contribution < 1.29 is 4.74 Å². The maximum atomic E-state index is 9.54. The van der Waals surface area contributed by atoms with Crippen LogP contribution in [-0.4, -0.2) is 19.4 Å². The van der Waals surface area contributed by atoms with E-state index in [0.29, 0.717) is 5.92 Å². The number of ether oxygens (including phenoxy) is 1. The van der Waals surface area contributed by atoms with Crippen molar-refractivity contribution in [1.82, 2.24) is 5.32 Å². The Morgan fingerprint density at radius 1 is 1.53 bits per heavy atom. The molecule has 3 nitrogen and oxygen atoms in total. The first kappa shape index (κ1) is 12.6. The van der Waals surface area contributed by atoms with E-state index >= 15 is 0 Å². The molecule has 0 spiro atoms. The van der Waals surface area contributed by atoms with E-state index in [-0.39, 0.29) is 5.41 Å². The highest BCUT2D eigenvalue weighted by Crippen LogP contribution is 2.53. The lowest BCUT2D eigenvalue weighted by Crippen LogP contribution is -2.50. The summed E-state index contributed by atoms with van der Waals surface area (Å²) in [6, 6.07) is 2.57. The number of allylic oxidation sites excluding steroid dienone is 1. The van der Waals surface area contributed by atoms with Gasteiger partial charge in [0.15, 0.2) is 0 Å². The van der Waals surface area contributed by atoms with Crippen molar-refractivity contribution in [2.75, 3.05) is 13.7 Å². The fraction of sp³-hybridized carbons (Fsp3) is 0.786. The van der Waals surface area contributed by atoms with Crippen LogP contribution in [0.15, 0.2) is 12.2 Å². The molecule has 94 valence electrons. The average Bonchev–Trinajstić information content (AvgIpc) is 3.21. The van der Waals surface area contributed by atoms with Crippen LogP contribution in [0.4, 0.5) is 0 Å².